The average Bonchev–Trinajstić information content (AvgIpc) is 3.20. The van der Waals surface area contributed by atoms with E-state index in [1.54, 1.807) is 24.9 Å². The van der Waals surface area contributed by atoms with Gasteiger partial charge in [0, 0.05) is 11.1 Å². The van der Waals surface area contributed by atoms with Crippen molar-refractivity contribution < 1.29 is 9.53 Å². The minimum Gasteiger partial charge on any atom is -0.461 e. The van der Waals surface area contributed by atoms with Crippen LogP contribution < -0.4 is 0 Å². The molecule has 0 atom stereocenters. The van der Waals surface area contributed by atoms with Crippen LogP contribution in [-0.4, -0.2) is 23.3 Å². The predicted octanol–water partition coefficient (Wildman–Crippen LogP) is 2.93. The van der Waals surface area contributed by atoms with Crippen LogP contribution in [0.4, 0.5) is 0 Å². The van der Waals surface area contributed by atoms with Gasteiger partial charge in [0.25, 0.3) is 0 Å². The number of thioether (sulfide) groups is 1. The second-order valence-electron chi connectivity index (χ2n) is 4.42. The molecule has 100 valence electrons. The lowest BCUT2D eigenvalue weighted by Crippen LogP contribution is -2.11. The standard InChI is InChI=1S/C14H16N2O2S/c1-3-18-13(17)12-11(19-4-2)7-10(8-16-12)14(9-15)5-6-14/h7-8H,3-6H2,1-2H3. The molecule has 5 heteroatoms. The third-order valence-electron chi connectivity index (χ3n) is 3.14. The van der Waals surface area contributed by atoms with Crippen molar-refractivity contribution in [1.29, 1.82) is 5.26 Å². The van der Waals surface area contributed by atoms with Crippen LogP contribution in [0.2, 0.25) is 0 Å². The molecular weight excluding hydrogens is 260 g/mol. The van der Waals surface area contributed by atoms with Crippen LogP contribution in [-0.2, 0) is 10.2 Å². The van der Waals surface area contributed by atoms with E-state index in [1.165, 1.54) is 0 Å². The molecule has 0 N–H and O–H groups in total. The van der Waals surface area contributed by atoms with Gasteiger partial charge >= 0.3 is 5.97 Å². The van der Waals surface area contributed by atoms with Gasteiger partial charge in [-0.3, -0.25) is 0 Å². The summed E-state index contributed by atoms with van der Waals surface area (Å²) in [6, 6.07) is 4.27. The van der Waals surface area contributed by atoms with E-state index in [0.717, 1.165) is 29.1 Å². The first-order chi connectivity index (χ1) is 9.16. The van der Waals surface area contributed by atoms with E-state index < -0.39 is 5.97 Å². The van der Waals surface area contributed by atoms with E-state index in [2.05, 4.69) is 11.1 Å². The quantitative estimate of drug-likeness (QED) is 0.611. The van der Waals surface area contributed by atoms with Crippen molar-refractivity contribution >= 4 is 17.7 Å². The fraction of sp³-hybridized carbons (Fsp3) is 0.500. The number of carbonyl (C=O) groups excluding carboxylic acids is 1. The minimum atomic E-state index is -0.396. The lowest BCUT2D eigenvalue weighted by Gasteiger charge is -2.11. The Labute approximate surface area is 117 Å². The van der Waals surface area contributed by atoms with E-state index >= 15 is 0 Å². The van der Waals surface area contributed by atoms with Crippen LogP contribution in [0, 0.1) is 11.3 Å². The van der Waals surface area contributed by atoms with Crippen molar-refractivity contribution in [3.63, 3.8) is 0 Å². The molecule has 1 fully saturated rings. The van der Waals surface area contributed by atoms with E-state index in [9.17, 15) is 10.1 Å². The highest BCUT2D eigenvalue weighted by molar-refractivity contribution is 7.99. The van der Waals surface area contributed by atoms with Crippen molar-refractivity contribution in [1.82, 2.24) is 4.98 Å². The van der Waals surface area contributed by atoms with E-state index in [-0.39, 0.29) is 5.41 Å². The predicted molar refractivity (Wildman–Crippen MR) is 73.1 cm³/mol. The number of ether oxygens (including phenoxy) is 1. The van der Waals surface area contributed by atoms with Gasteiger partial charge in [-0.05, 0) is 37.1 Å². The summed E-state index contributed by atoms with van der Waals surface area (Å²) in [5.41, 5.74) is 0.897. The molecule has 1 aliphatic carbocycles. The number of carbonyl (C=O) groups is 1. The summed E-state index contributed by atoms with van der Waals surface area (Å²) in [5, 5.41) is 9.22. The number of nitriles is 1. The highest BCUT2D eigenvalue weighted by atomic mass is 32.2. The first kappa shape index (κ1) is 13.9. The third-order valence-corrected chi connectivity index (χ3v) is 4.05. The average molecular weight is 276 g/mol. The summed E-state index contributed by atoms with van der Waals surface area (Å²) >= 11 is 1.55. The van der Waals surface area contributed by atoms with E-state index in [4.69, 9.17) is 4.74 Å². The van der Waals surface area contributed by atoms with Crippen LogP contribution in [0.15, 0.2) is 17.2 Å². The molecule has 0 saturated heterocycles. The molecule has 1 aliphatic rings. The Morgan fingerprint density at radius 3 is 2.84 bits per heavy atom. The van der Waals surface area contributed by atoms with Crippen LogP contribution in [0.5, 0.6) is 0 Å². The number of rotatable bonds is 5. The molecule has 0 amide bonds. The van der Waals surface area contributed by atoms with Gasteiger partial charge in [-0.1, -0.05) is 6.92 Å². The number of hydrogen-bond acceptors (Lipinski definition) is 5. The molecule has 1 saturated carbocycles. The highest BCUT2D eigenvalue weighted by Crippen LogP contribution is 2.48. The summed E-state index contributed by atoms with van der Waals surface area (Å²) in [5.74, 6) is 0.448. The molecule has 1 aromatic heterocycles. The molecule has 0 bridgehead atoms. The van der Waals surface area contributed by atoms with E-state index in [1.807, 2.05) is 13.0 Å². The molecule has 0 radical (unpaired) electrons. The maximum absolute atomic E-state index is 11.8. The second-order valence-corrected chi connectivity index (χ2v) is 5.72. The molecule has 4 nitrogen and oxygen atoms in total. The fourth-order valence-electron chi connectivity index (χ4n) is 1.91. The molecule has 0 aromatic carbocycles. The highest BCUT2D eigenvalue weighted by Gasteiger charge is 2.45. The zero-order chi connectivity index (χ0) is 13.9. The summed E-state index contributed by atoms with van der Waals surface area (Å²) in [7, 11) is 0. The summed E-state index contributed by atoms with van der Waals surface area (Å²) < 4.78 is 5.00. The van der Waals surface area contributed by atoms with Gasteiger partial charge in [-0.2, -0.15) is 5.26 Å². The topological polar surface area (TPSA) is 63.0 Å². The summed E-state index contributed by atoms with van der Waals surface area (Å²) in [4.78, 5) is 16.9. The van der Waals surface area contributed by atoms with Crippen molar-refractivity contribution in [2.24, 2.45) is 0 Å². The number of esters is 1. The van der Waals surface area contributed by atoms with Gasteiger partial charge in [0.2, 0.25) is 0 Å². The normalized spacial score (nSPS) is 15.6. The first-order valence-electron chi connectivity index (χ1n) is 6.38. The molecule has 19 heavy (non-hydrogen) atoms. The molecule has 2 rings (SSSR count). The van der Waals surface area contributed by atoms with Crippen molar-refractivity contribution in [2.45, 2.75) is 37.0 Å². The Hall–Kier alpha value is -1.54. The zero-order valence-electron chi connectivity index (χ0n) is 11.1. The minimum absolute atomic E-state index is 0.334. The number of aromatic nitrogens is 1. The van der Waals surface area contributed by atoms with Crippen molar-refractivity contribution in [3.05, 3.63) is 23.5 Å². The second kappa shape index (κ2) is 5.62. The van der Waals surface area contributed by atoms with Gasteiger partial charge in [-0.15, -0.1) is 11.8 Å². The maximum Gasteiger partial charge on any atom is 0.358 e. The third kappa shape index (κ3) is 2.74. The Morgan fingerprint density at radius 1 is 1.58 bits per heavy atom. The molecule has 1 aromatic rings. The Bertz CT molecular complexity index is 533. The zero-order valence-corrected chi connectivity index (χ0v) is 11.9. The smallest absolute Gasteiger partial charge is 0.358 e. The van der Waals surface area contributed by atoms with Gasteiger partial charge in [0.05, 0.1) is 18.1 Å². The molecule has 0 aliphatic heterocycles. The molecule has 1 heterocycles. The van der Waals surface area contributed by atoms with Crippen LogP contribution in [0.25, 0.3) is 0 Å². The largest absolute Gasteiger partial charge is 0.461 e. The summed E-state index contributed by atoms with van der Waals surface area (Å²) in [6.45, 7) is 4.12. The van der Waals surface area contributed by atoms with Gasteiger partial charge < -0.3 is 4.74 Å². The Kier molecular flexibility index (Phi) is 4.11. The number of hydrogen-bond donors (Lipinski definition) is 0. The van der Waals surface area contributed by atoms with Gasteiger partial charge in [0.15, 0.2) is 5.69 Å². The lowest BCUT2D eigenvalue weighted by molar-refractivity contribution is 0.0515. The van der Waals surface area contributed by atoms with Crippen LogP contribution in [0.1, 0.15) is 42.7 Å². The van der Waals surface area contributed by atoms with E-state index in [0.29, 0.717) is 12.3 Å². The Balaban J connectivity index is 2.36. The first-order valence-corrected chi connectivity index (χ1v) is 7.37. The fourth-order valence-corrected chi connectivity index (χ4v) is 2.71. The monoisotopic (exact) mass is 276 g/mol. The van der Waals surface area contributed by atoms with Gasteiger partial charge in [0.1, 0.15) is 0 Å². The van der Waals surface area contributed by atoms with Gasteiger partial charge in [-0.25, -0.2) is 9.78 Å². The molecule has 0 unspecified atom stereocenters. The van der Waals surface area contributed by atoms with Crippen LogP contribution in [0.3, 0.4) is 0 Å². The SMILES string of the molecule is CCOC(=O)c1ncc(C2(C#N)CC2)cc1SCC. The lowest BCUT2D eigenvalue weighted by atomic mass is 9.99. The molecule has 0 spiro atoms. The number of nitrogens with zero attached hydrogens (tertiary/aromatic N) is 2. The van der Waals surface area contributed by atoms with Crippen molar-refractivity contribution in [3.8, 4) is 6.07 Å². The Morgan fingerprint density at radius 2 is 2.32 bits per heavy atom. The van der Waals surface area contributed by atoms with Crippen LogP contribution >= 0.6 is 11.8 Å². The summed E-state index contributed by atoms with van der Waals surface area (Å²) in [6.07, 6.45) is 3.39. The maximum atomic E-state index is 11.8. The van der Waals surface area contributed by atoms with Crippen molar-refractivity contribution in [2.75, 3.05) is 12.4 Å². The number of pyridine rings is 1. The molecular formula is C14H16N2O2S.